The molecule has 9 nitrogen and oxygen atoms in total. The summed E-state index contributed by atoms with van der Waals surface area (Å²) in [6.07, 6.45) is -4.53. The molecule has 1 N–H and O–H groups in total. The molecule has 182 valence electrons. The van der Waals surface area contributed by atoms with E-state index in [1.807, 2.05) is 0 Å². The van der Waals surface area contributed by atoms with Crippen LogP contribution >= 0.6 is 0 Å². The Labute approximate surface area is 193 Å². The summed E-state index contributed by atoms with van der Waals surface area (Å²) in [5.41, 5.74) is -1.07. The van der Waals surface area contributed by atoms with Gasteiger partial charge in [-0.3, -0.25) is 9.36 Å². The Hall–Kier alpha value is -3.45. The zero-order valence-electron chi connectivity index (χ0n) is 18.5. The lowest BCUT2D eigenvalue weighted by atomic mass is 10.1. The molecule has 0 spiro atoms. The first-order valence-corrected chi connectivity index (χ1v) is 11.4. The van der Waals surface area contributed by atoms with Crippen molar-refractivity contribution >= 4 is 15.9 Å². The maximum Gasteiger partial charge on any atom is 0.416 e. The molecule has 34 heavy (non-hydrogen) atoms. The van der Waals surface area contributed by atoms with Crippen molar-refractivity contribution in [3.8, 4) is 11.4 Å². The number of nitrogens with one attached hydrogen (secondary N) is 1. The van der Waals surface area contributed by atoms with Crippen LogP contribution in [0.25, 0.3) is 11.4 Å². The van der Waals surface area contributed by atoms with Gasteiger partial charge in [-0.15, -0.1) is 5.10 Å². The van der Waals surface area contributed by atoms with Gasteiger partial charge in [0.2, 0.25) is 10.0 Å². The lowest BCUT2D eigenvalue weighted by molar-refractivity contribution is -0.137. The molecule has 0 atom stereocenters. The largest absolute Gasteiger partial charge is 0.416 e. The predicted octanol–water partition coefficient (Wildman–Crippen LogP) is 1.95. The number of amides is 1. The zero-order chi connectivity index (χ0) is 25.3. The first kappa shape index (κ1) is 25.2. The van der Waals surface area contributed by atoms with Crippen LogP contribution in [0.1, 0.15) is 15.9 Å². The topological polar surface area (TPSA) is 106 Å². The SMILES string of the molecule is CN(C)S(=O)(=O)c1ccc(C(=O)NCCn2nc(-c3cccc(C(F)(F)F)c3)n(C)c2=O)cc1. The minimum atomic E-state index is -4.53. The van der Waals surface area contributed by atoms with Gasteiger partial charge < -0.3 is 5.32 Å². The molecule has 1 aromatic heterocycles. The van der Waals surface area contributed by atoms with Crippen molar-refractivity contribution in [2.75, 3.05) is 20.6 Å². The molecule has 0 aliphatic carbocycles. The second-order valence-electron chi connectivity index (χ2n) is 7.53. The fourth-order valence-corrected chi connectivity index (χ4v) is 3.99. The molecular formula is C21H22F3N5O4S. The molecule has 3 rings (SSSR count). The smallest absolute Gasteiger partial charge is 0.350 e. The highest BCUT2D eigenvalue weighted by Crippen LogP contribution is 2.31. The van der Waals surface area contributed by atoms with E-state index in [0.717, 1.165) is 25.7 Å². The third kappa shape index (κ3) is 5.20. The van der Waals surface area contributed by atoms with Gasteiger partial charge in [0.1, 0.15) is 0 Å². The third-order valence-electron chi connectivity index (χ3n) is 4.99. The maximum absolute atomic E-state index is 13.0. The number of hydrogen-bond acceptors (Lipinski definition) is 5. The van der Waals surface area contributed by atoms with E-state index in [1.165, 1.54) is 57.5 Å². The predicted molar refractivity (Wildman–Crippen MR) is 118 cm³/mol. The van der Waals surface area contributed by atoms with Crippen LogP contribution in [0.3, 0.4) is 0 Å². The van der Waals surface area contributed by atoms with Crippen molar-refractivity contribution < 1.29 is 26.4 Å². The van der Waals surface area contributed by atoms with Crippen molar-refractivity contribution in [3.63, 3.8) is 0 Å². The van der Waals surface area contributed by atoms with E-state index >= 15 is 0 Å². The van der Waals surface area contributed by atoms with Gasteiger partial charge in [-0.05, 0) is 36.4 Å². The van der Waals surface area contributed by atoms with E-state index in [-0.39, 0.29) is 34.9 Å². The Kier molecular flexibility index (Phi) is 6.98. The van der Waals surface area contributed by atoms with E-state index in [0.29, 0.717) is 0 Å². The van der Waals surface area contributed by atoms with Gasteiger partial charge in [0.25, 0.3) is 5.91 Å². The van der Waals surface area contributed by atoms with Crippen LogP contribution < -0.4 is 11.0 Å². The lowest BCUT2D eigenvalue weighted by Crippen LogP contribution is -2.31. The molecule has 0 radical (unpaired) electrons. The van der Waals surface area contributed by atoms with Crippen molar-refractivity contribution in [2.45, 2.75) is 17.6 Å². The van der Waals surface area contributed by atoms with Gasteiger partial charge in [-0.25, -0.2) is 22.2 Å². The Balaban J connectivity index is 1.69. The van der Waals surface area contributed by atoms with Crippen LogP contribution in [0.4, 0.5) is 13.2 Å². The Morgan fingerprint density at radius 2 is 1.76 bits per heavy atom. The minimum Gasteiger partial charge on any atom is -0.350 e. The van der Waals surface area contributed by atoms with Crippen molar-refractivity contribution in [2.24, 2.45) is 7.05 Å². The average Bonchev–Trinajstić information content (AvgIpc) is 3.07. The van der Waals surface area contributed by atoms with Crippen LogP contribution in [-0.2, 0) is 29.8 Å². The number of nitrogens with zero attached hydrogens (tertiary/aromatic N) is 4. The lowest BCUT2D eigenvalue weighted by Gasteiger charge is -2.11. The summed E-state index contributed by atoms with van der Waals surface area (Å²) in [5, 5.41) is 6.70. The molecule has 0 saturated carbocycles. The van der Waals surface area contributed by atoms with E-state index < -0.39 is 33.4 Å². The summed E-state index contributed by atoms with van der Waals surface area (Å²) in [4.78, 5) is 24.8. The third-order valence-corrected chi connectivity index (χ3v) is 6.82. The van der Waals surface area contributed by atoms with E-state index in [1.54, 1.807) is 0 Å². The molecule has 0 saturated heterocycles. The molecule has 3 aromatic rings. The summed E-state index contributed by atoms with van der Waals surface area (Å²) in [6, 6.07) is 9.85. The Bertz CT molecular complexity index is 1360. The molecule has 2 aromatic carbocycles. The summed E-state index contributed by atoms with van der Waals surface area (Å²) >= 11 is 0. The highest BCUT2D eigenvalue weighted by Gasteiger charge is 2.31. The van der Waals surface area contributed by atoms with Crippen LogP contribution in [0.2, 0.25) is 0 Å². The minimum absolute atomic E-state index is 0.00946. The van der Waals surface area contributed by atoms with Crippen LogP contribution in [-0.4, -0.2) is 53.6 Å². The molecule has 0 bridgehead atoms. The highest BCUT2D eigenvalue weighted by molar-refractivity contribution is 7.89. The average molecular weight is 497 g/mol. The Morgan fingerprint density at radius 3 is 2.35 bits per heavy atom. The summed E-state index contributed by atoms with van der Waals surface area (Å²) in [5.74, 6) is -0.434. The number of sulfonamides is 1. The molecule has 0 aliphatic heterocycles. The van der Waals surface area contributed by atoms with Crippen molar-refractivity contribution in [1.29, 1.82) is 0 Å². The molecule has 0 fully saturated rings. The zero-order valence-corrected chi connectivity index (χ0v) is 19.3. The van der Waals surface area contributed by atoms with Gasteiger partial charge in [-0.1, -0.05) is 12.1 Å². The van der Waals surface area contributed by atoms with E-state index in [4.69, 9.17) is 0 Å². The molecule has 0 unspecified atom stereocenters. The van der Waals surface area contributed by atoms with Crippen molar-refractivity contribution in [3.05, 3.63) is 70.1 Å². The number of benzene rings is 2. The van der Waals surface area contributed by atoms with Crippen LogP contribution in [0, 0.1) is 0 Å². The number of carbonyl (C=O) groups excluding carboxylic acids is 1. The number of alkyl halides is 3. The molecule has 1 heterocycles. The standard InChI is InChI=1S/C21H22F3N5O4S/c1-27(2)34(32,33)17-9-7-14(8-10-17)19(30)25-11-12-29-20(31)28(3)18(26-29)15-5-4-6-16(13-15)21(22,23)24/h4-10,13H,11-12H2,1-3H3,(H,25,30). The second kappa shape index (κ2) is 9.43. The van der Waals surface area contributed by atoms with Gasteiger partial charge >= 0.3 is 11.9 Å². The molecule has 0 aliphatic rings. The second-order valence-corrected chi connectivity index (χ2v) is 9.69. The summed E-state index contributed by atoms with van der Waals surface area (Å²) in [6.45, 7) is -0.0139. The Morgan fingerprint density at radius 1 is 1.12 bits per heavy atom. The van der Waals surface area contributed by atoms with Gasteiger partial charge in [0.05, 0.1) is 17.0 Å². The van der Waals surface area contributed by atoms with Crippen LogP contribution in [0.15, 0.2) is 58.2 Å². The number of hydrogen-bond donors (Lipinski definition) is 1. The maximum atomic E-state index is 13.0. The number of rotatable bonds is 7. The summed E-state index contributed by atoms with van der Waals surface area (Å²) in [7, 11) is 0.564. The van der Waals surface area contributed by atoms with Crippen molar-refractivity contribution in [1.82, 2.24) is 24.0 Å². The first-order chi connectivity index (χ1) is 15.8. The van der Waals surface area contributed by atoms with Gasteiger partial charge in [0.15, 0.2) is 5.82 Å². The van der Waals surface area contributed by atoms with E-state index in [9.17, 15) is 31.2 Å². The first-order valence-electron chi connectivity index (χ1n) is 9.94. The van der Waals surface area contributed by atoms with Gasteiger partial charge in [0, 0.05) is 38.8 Å². The number of carbonyl (C=O) groups is 1. The van der Waals surface area contributed by atoms with Crippen LogP contribution in [0.5, 0.6) is 0 Å². The highest BCUT2D eigenvalue weighted by atomic mass is 32.2. The fraction of sp³-hybridized carbons (Fsp3) is 0.286. The molecule has 13 heteroatoms. The molecule has 1 amide bonds. The molecular weight excluding hydrogens is 475 g/mol. The van der Waals surface area contributed by atoms with Gasteiger partial charge in [-0.2, -0.15) is 13.2 Å². The van der Waals surface area contributed by atoms with E-state index in [2.05, 4.69) is 10.4 Å². The number of halogens is 3. The monoisotopic (exact) mass is 497 g/mol. The fourth-order valence-electron chi connectivity index (χ4n) is 3.09. The number of aromatic nitrogens is 3. The quantitative estimate of drug-likeness (QED) is 0.537. The normalized spacial score (nSPS) is 12.2. The summed E-state index contributed by atoms with van der Waals surface area (Å²) < 4.78 is 66.4.